The molecule has 4 aromatic rings. The Labute approximate surface area is 184 Å². The van der Waals surface area contributed by atoms with Gasteiger partial charge in [0.15, 0.2) is 5.76 Å². The number of benzene rings is 2. The summed E-state index contributed by atoms with van der Waals surface area (Å²) in [7, 11) is 1.53. The van der Waals surface area contributed by atoms with Crippen LogP contribution in [0.5, 0.6) is 0 Å². The van der Waals surface area contributed by atoms with Gasteiger partial charge >= 0.3 is 0 Å². The van der Waals surface area contributed by atoms with Crippen LogP contribution < -0.4 is 5.32 Å². The van der Waals surface area contributed by atoms with Crippen LogP contribution in [0.2, 0.25) is 0 Å². The van der Waals surface area contributed by atoms with Crippen LogP contribution in [0.15, 0.2) is 83.6 Å². The molecule has 0 bridgehead atoms. The lowest BCUT2D eigenvalue weighted by Crippen LogP contribution is -2.38. The smallest absolute Gasteiger partial charge is 0.289 e. The number of nitrogens with one attached hydrogen (secondary N) is 1. The quantitative estimate of drug-likeness (QED) is 0.483. The van der Waals surface area contributed by atoms with E-state index in [9.17, 15) is 14.0 Å². The van der Waals surface area contributed by atoms with Gasteiger partial charge in [0.1, 0.15) is 5.82 Å². The van der Waals surface area contributed by atoms with E-state index < -0.39 is 0 Å². The first-order valence-electron chi connectivity index (χ1n) is 9.97. The number of nitrogens with zero attached hydrogens (tertiary/aromatic N) is 3. The molecule has 0 radical (unpaired) electrons. The van der Waals surface area contributed by atoms with Crippen LogP contribution in [0.1, 0.15) is 16.1 Å². The number of para-hydroxylation sites is 1. The average molecular weight is 432 g/mol. The summed E-state index contributed by atoms with van der Waals surface area (Å²) < 4.78 is 20.2. The summed E-state index contributed by atoms with van der Waals surface area (Å²) in [5, 5.41) is 7.47. The highest BCUT2D eigenvalue weighted by atomic mass is 19.1. The third-order valence-electron chi connectivity index (χ3n) is 4.86. The Morgan fingerprint density at radius 2 is 1.81 bits per heavy atom. The Balaban J connectivity index is 1.50. The van der Waals surface area contributed by atoms with Crippen molar-refractivity contribution in [3.05, 3.63) is 96.3 Å². The van der Waals surface area contributed by atoms with E-state index in [1.165, 1.54) is 30.3 Å². The lowest BCUT2D eigenvalue weighted by Gasteiger charge is -2.15. The topological polar surface area (TPSA) is 80.4 Å². The second-order valence-electron chi connectivity index (χ2n) is 7.21. The van der Waals surface area contributed by atoms with Crippen LogP contribution in [0, 0.1) is 5.82 Å². The third kappa shape index (κ3) is 4.75. The summed E-state index contributed by atoms with van der Waals surface area (Å²) in [5.41, 5.74) is 2.98. The van der Waals surface area contributed by atoms with Gasteiger partial charge in [0.25, 0.3) is 5.91 Å². The molecule has 2 amide bonds. The highest BCUT2D eigenvalue weighted by Crippen LogP contribution is 2.24. The number of amides is 2. The van der Waals surface area contributed by atoms with E-state index in [2.05, 4.69) is 10.4 Å². The molecular weight excluding hydrogens is 411 g/mol. The van der Waals surface area contributed by atoms with Gasteiger partial charge in [-0.2, -0.15) is 5.10 Å². The van der Waals surface area contributed by atoms with Gasteiger partial charge < -0.3 is 14.6 Å². The van der Waals surface area contributed by atoms with E-state index in [1.807, 2.05) is 36.5 Å². The maximum absolute atomic E-state index is 13.4. The largest absolute Gasteiger partial charge is 0.459 e. The number of carbonyl (C=O) groups is 2. The lowest BCUT2D eigenvalue weighted by molar-refractivity contribution is -0.121. The van der Waals surface area contributed by atoms with Crippen LogP contribution in [0.4, 0.5) is 4.39 Å². The van der Waals surface area contributed by atoms with Gasteiger partial charge in [0.05, 0.1) is 24.2 Å². The molecule has 7 nitrogen and oxygen atoms in total. The number of carbonyl (C=O) groups excluding carboxylic acids is 2. The minimum atomic E-state index is -0.381. The first-order valence-corrected chi connectivity index (χ1v) is 9.97. The van der Waals surface area contributed by atoms with Crippen LogP contribution >= 0.6 is 0 Å². The standard InChI is InChI=1S/C24H21FN4O3/c1-28(24(31)21-8-5-13-32-21)16-22(30)26-14-18-15-29(20-6-3-2-4-7-20)27-23(18)17-9-11-19(25)12-10-17/h2-13,15H,14,16H2,1H3,(H,26,30). The fraction of sp³-hybridized carbons (Fsp3) is 0.125. The maximum atomic E-state index is 13.4. The summed E-state index contributed by atoms with van der Waals surface area (Å²) in [6, 6.07) is 18.7. The molecule has 0 fully saturated rings. The highest BCUT2D eigenvalue weighted by Gasteiger charge is 2.18. The van der Waals surface area contributed by atoms with Gasteiger partial charge in [0.2, 0.25) is 5.91 Å². The molecule has 2 aromatic heterocycles. The average Bonchev–Trinajstić information content (AvgIpc) is 3.49. The molecule has 0 saturated heterocycles. The monoisotopic (exact) mass is 432 g/mol. The van der Waals surface area contributed by atoms with Crippen molar-refractivity contribution >= 4 is 11.8 Å². The Morgan fingerprint density at radius 1 is 1.06 bits per heavy atom. The zero-order chi connectivity index (χ0) is 22.5. The van der Waals surface area contributed by atoms with E-state index in [1.54, 1.807) is 28.9 Å². The van der Waals surface area contributed by atoms with Gasteiger partial charge in [-0.3, -0.25) is 9.59 Å². The molecule has 0 aliphatic heterocycles. The number of rotatable bonds is 7. The molecule has 162 valence electrons. The molecule has 32 heavy (non-hydrogen) atoms. The molecule has 0 atom stereocenters. The van der Waals surface area contributed by atoms with Gasteiger partial charge in [0, 0.05) is 30.9 Å². The summed E-state index contributed by atoms with van der Waals surface area (Å²) in [6.45, 7) is 0.0688. The minimum absolute atomic E-state index is 0.127. The van der Waals surface area contributed by atoms with Crippen molar-refractivity contribution < 1.29 is 18.4 Å². The molecule has 8 heteroatoms. The number of aromatic nitrogens is 2. The number of hydrogen-bond acceptors (Lipinski definition) is 4. The van der Waals surface area contributed by atoms with Gasteiger partial charge in [-0.25, -0.2) is 9.07 Å². The summed E-state index contributed by atoms with van der Waals surface area (Å²) in [4.78, 5) is 26.0. The molecule has 2 heterocycles. The van der Waals surface area contributed by atoms with Crippen molar-refractivity contribution in [3.63, 3.8) is 0 Å². The molecule has 0 unspecified atom stereocenters. The molecule has 0 spiro atoms. The van der Waals surface area contributed by atoms with E-state index in [0.717, 1.165) is 16.8 Å². The van der Waals surface area contributed by atoms with E-state index in [4.69, 9.17) is 4.42 Å². The minimum Gasteiger partial charge on any atom is -0.459 e. The van der Waals surface area contributed by atoms with Gasteiger partial charge in [-0.05, 0) is 48.5 Å². The van der Waals surface area contributed by atoms with Crippen LogP contribution in [-0.2, 0) is 11.3 Å². The molecule has 0 saturated carbocycles. The Kier molecular flexibility index (Phi) is 6.12. The molecule has 1 N–H and O–H groups in total. The SMILES string of the molecule is CN(CC(=O)NCc1cn(-c2ccccc2)nc1-c1ccc(F)cc1)C(=O)c1ccco1. The van der Waals surface area contributed by atoms with Crippen molar-refractivity contribution in [3.8, 4) is 16.9 Å². The van der Waals surface area contributed by atoms with E-state index >= 15 is 0 Å². The second-order valence-corrected chi connectivity index (χ2v) is 7.21. The lowest BCUT2D eigenvalue weighted by atomic mass is 10.1. The van der Waals surface area contributed by atoms with Crippen molar-refractivity contribution in [1.29, 1.82) is 0 Å². The Bertz CT molecular complexity index is 1200. The van der Waals surface area contributed by atoms with Crippen molar-refractivity contribution in [2.45, 2.75) is 6.54 Å². The molecule has 0 aliphatic rings. The molecular formula is C24H21FN4O3. The zero-order valence-corrected chi connectivity index (χ0v) is 17.4. The summed E-state index contributed by atoms with van der Waals surface area (Å²) in [5.74, 6) is -0.877. The van der Waals surface area contributed by atoms with Crippen molar-refractivity contribution in [1.82, 2.24) is 20.0 Å². The van der Waals surface area contributed by atoms with Gasteiger partial charge in [-0.15, -0.1) is 0 Å². The fourth-order valence-electron chi connectivity index (χ4n) is 3.23. The van der Waals surface area contributed by atoms with Crippen LogP contribution in [0.3, 0.4) is 0 Å². The Hall–Kier alpha value is -4.20. The third-order valence-corrected chi connectivity index (χ3v) is 4.86. The summed E-state index contributed by atoms with van der Waals surface area (Å²) in [6.07, 6.45) is 3.23. The van der Waals surface area contributed by atoms with Gasteiger partial charge in [-0.1, -0.05) is 18.2 Å². The predicted octanol–water partition coefficient (Wildman–Crippen LogP) is 3.66. The molecule has 4 rings (SSSR count). The second kappa shape index (κ2) is 9.30. The predicted molar refractivity (Wildman–Crippen MR) is 116 cm³/mol. The first-order chi connectivity index (χ1) is 15.5. The first kappa shape index (κ1) is 21.0. The number of halogens is 1. The van der Waals surface area contributed by atoms with E-state index in [0.29, 0.717) is 5.69 Å². The van der Waals surface area contributed by atoms with Crippen molar-refractivity contribution in [2.24, 2.45) is 0 Å². The number of hydrogen-bond donors (Lipinski definition) is 1. The maximum Gasteiger partial charge on any atom is 0.289 e. The number of likely N-dealkylation sites (N-methyl/N-ethyl adjacent to an activating group) is 1. The van der Waals surface area contributed by atoms with Crippen LogP contribution in [0.25, 0.3) is 16.9 Å². The molecule has 0 aliphatic carbocycles. The normalized spacial score (nSPS) is 10.7. The number of furan rings is 1. The molecule has 2 aromatic carbocycles. The zero-order valence-electron chi connectivity index (χ0n) is 17.4. The Morgan fingerprint density at radius 3 is 2.50 bits per heavy atom. The fourth-order valence-corrected chi connectivity index (χ4v) is 3.23. The summed E-state index contributed by atoms with van der Waals surface area (Å²) >= 11 is 0. The van der Waals surface area contributed by atoms with Crippen LogP contribution in [-0.4, -0.2) is 40.1 Å². The van der Waals surface area contributed by atoms with E-state index in [-0.39, 0.29) is 36.5 Å². The highest BCUT2D eigenvalue weighted by molar-refractivity contribution is 5.94. The van der Waals surface area contributed by atoms with Crippen molar-refractivity contribution in [2.75, 3.05) is 13.6 Å².